The third kappa shape index (κ3) is 5.81. The number of rotatable bonds is 6. The van der Waals surface area contributed by atoms with Gasteiger partial charge in [-0.3, -0.25) is 0 Å². The lowest BCUT2D eigenvalue weighted by Gasteiger charge is -2.32. The SMILES string of the molecule is CN1CCCCC1COCc1cc(CNC(C)(C)C)co1. The van der Waals surface area contributed by atoms with Crippen LogP contribution in [-0.4, -0.2) is 36.7 Å². The molecule has 120 valence electrons. The molecule has 1 atom stereocenters. The third-order valence-corrected chi connectivity index (χ3v) is 4.01. The Kier molecular flexibility index (Phi) is 5.85. The van der Waals surface area contributed by atoms with Gasteiger partial charge in [0.15, 0.2) is 0 Å². The predicted molar refractivity (Wildman–Crippen MR) is 85.2 cm³/mol. The molecule has 0 saturated carbocycles. The Balaban J connectivity index is 1.70. The van der Waals surface area contributed by atoms with E-state index in [1.807, 2.05) is 6.26 Å². The zero-order valence-electron chi connectivity index (χ0n) is 13.9. The molecular formula is C17H30N2O2. The van der Waals surface area contributed by atoms with Crippen LogP contribution in [0.1, 0.15) is 51.4 Å². The Morgan fingerprint density at radius 2 is 2.19 bits per heavy atom. The summed E-state index contributed by atoms with van der Waals surface area (Å²) in [6.45, 7) is 9.88. The first kappa shape index (κ1) is 16.5. The lowest BCUT2D eigenvalue weighted by atomic mass is 10.0. The van der Waals surface area contributed by atoms with Crippen LogP contribution < -0.4 is 5.32 Å². The van der Waals surface area contributed by atoms with Crippen LogP contribution in [0.2, 0.25) is 0 Å². The number of piperidine rings is 1. The molecule has 0 amide bonds. The van der Waals surface area contributed by atoms with Crippen molar-refractivity contribution in [1.82, 2.24) is 10.2 Å². The highest BCUT2D eigenvalue weighted by atomic mass is 16.5. The molecule has 1 aliphatic heterocycles. The highest BCUT2D eigenvalue weighted by molar-refractivity contribution is 5.12. The van der Waals surface area contributed by atoms with Crippen molar-refractivity contribution < 1.29 is 9.15 Å². The first-order valence-electron chi connectivity index (χ1n) is 8.03. The van der Waals surface area contributed by atoms with E-state index in [1.165, 1.54) is 31.4 Å². The maximum absolute atomic E-state index is 5.83. The average molecular weight is 294 g/mol. The van der Waals surface area contributed by atoms with Gasteiger partial charge < -0.3 is 19.4 Å². The highest BCUT2D eigenvalue weighted by Gasteiger charge is 2.19. The standard InChI is InChI=1S/C17H30N2O2/c1-17(2,3)18-10-14-9-16(21-11-14)13-20-12-15-7-5-6-8-19(15)4/h9,11,15,18H,5-8,10,12-13H2,1-4H3. The monoisotopic (exact) mass is 294 g/mol. The van der Waals surface area contributed by atoms with Gasteiger partial charge in [-0.2, -0.15) is 0 Å². The molecule has 1 aromatic rings. The molecule has 2 heterocycles. The fraction of sp³-hybridized carbons (Fsp3) is 0.765. The molecule has 4 nitrogen and oxygen atoms in total. The lowest BCUT2D eigenvalue weighted by molar-refractivity contribution is 0.0374. The van der Waals surface area contributed by atoms with E-state index in [9.17, 15) is 0 Å². The third-order valence-electron chi connectivity index (χ3n) is 4.01. The number of hydrogen-bond acceptors (Lipinski definition) is 4. The van der Waals surface area contributed by atoms with Gasteiger partial charge in [0.1, 0.15) is 12.4 Å². The van der Waals surface area contributed by atoms with Gasteiger partial charge in [-0.05, 0) is 53.3 Å². The van der Waals surface area contributed by atoms with Crippen molar-refractivity contribution in [2.24, 2.45) is 0 Å². The van der Waals surface area contributed by atoms with E-state index in [0.29, 0.717) is 12.6 Å². The van der Waals surface area contributed by atoms with Crippen LogP contribution in [0.3, 0.4) is 0 Å². The van der Waals surface area contributed by atoms with Gasteiger partial charge >= 0.3 is 0 Å². The van der Waals surface area contributed by atoms with E-state index in [-0.39, 0.29) is 5.54 Å². The molecule has 1 unspecified atom stereocenters. The van der Waals surface area contributed by atoms with Crippen LogP contribution in [0.25, 0.3) is 0 Å². The summed E-state index contributed by atoms with van der Waals surface area (Å²) in [6, 6.07) is 2.65. The number of likely N-dealkylation sites (N-methyl/N-ethyl adjacent to an activating group) is 1. The zero-order chi connectivity index (χ0) is 15.3. The lowest BCUT2D eigenvalue weighted by Crippen LogP contribution is -2.39. The van der Waals surface area contributed by atoms with Gasteiger partial charge in [0.2, 0.25) is 0 Å². The summed E-state index contributed by atoms with van der Waals surface area (Å²) in [6.07, 6.45) is 5.70. The number of hydrogen-bond donors (Lipinski definition) is 1. The molecule has 1 N–H and O–H groups in total. The molecular weight excluding hydrogens is 264 g/mol. The Bertz CT molecular complexity index is 423. The van der Waals surface area contributed by atoms with E-state index in [0.717, 1.165) is 18.9 Å². The second-order valence-electron chi connectivity index (χ2n) is 7.17. The molecule has 0 radical (unpaired) electrons. The molecule has 0 aliphatic carbocycles. The van der Waals surface area contributed by atoms with Crippen LogP contribution in [0.4, 0.5) is 0 Å². The van der Waals surface area contributed by atoms with Gasteiger partial charge in [-0.1, -0.05) is 6.42 Å². The topological polar surface area (TPSA) is 37.6 Å². The second kappa shape index (κ2) is 7.43. The van der Waals surface area contributed by atoms with Crippen LogP contribution in [-0.2, 0) is 17.9 Å². The molecule has 0 spiro atoms. The highest BCUT2D eigenvalue weighted by Crippen LogP contribution is 2.16. The quantitative estimate of drug-likeness (QED) is 0.874. The van der Waals surface area contributed by atoms with Crippen molar-refractivity contribution in [3.8, 4) is 0 Å². The summed E-state index contributed by atoms with van der Waals surface area (Å²) in [5.74, 6) is 0.916. The minimum absolute atomic E-state index is 0.125. The van der Waals surface area contributed by atoms with Crippen LogP contribution >= 0.6 is 0 Å². The van der Waals surface area contributed by atoms with Crippen LogP contribution in [0.5, 0.6) is 0 Å². The van der Waals surface area contributed by atoms with Crippen molar-refractivity contribution in [1.29, 1.82) is 0 Å². The normalized spacial score (nSPS) is 20.9. The van der Waals surface area contributed by atoms with Gasteiger partial charge in [0.25, 0.3) is 0 Å². The number of ether oxygens (including phenoxy) is 1. The van der Waals surface area contributed by atoms with E-state index in [4.69, 9.17) is 9.15 Å². The van der Waals surface area contributed by atoms with Gasteiger partial charge in [0.05, 0.1) is 12.9 Å². The van der Waals surface area contributed by atoms with Gasteiger partial charge in [-0.15, -0.1) is 0 Å². The number of furan rings is 1. The summed E-state index contributed by atoms with van der Waals surface area (Å²) in [4.78, 5) is 2.41. The minimum Gasteiger partial charge on any atom is -0.467 e. The minimum atomic E-state index is 0.125. The summed E-state index contributed by atoms with van der Waals surface area (Å²) in [5.41, 5.74) is 1.30. The van der Waals surface area contributed by atoms with Gasteiger partial charge in [-0.25, -0.2) is 0 Å². The van der Waals surface area contributed by atoms with Crippen LogP contribution in [0, 0.1) is 0 Å². The van der Waals surface area contributed by atoms with Crippen molar-refractivity contribution in [3.05, 3.63) is 23.7 Å². The Hall–Kier alpha value is -0.840. The number of nitrogens with zero attached hydrogens (tertiary/aromatic N) is 1. The molecule has 0 bridgehead atoms. The first-order valence-corrected chi connectivity index (χ1v) is 8.03. The largest absolute Gasteiger partial charge is 0.467 e. The maximum atomic E-state index is 5.83. The van der Waals surface area contributed by atoms with Crippen molar-refractivity contribution in [2.75, 3.05) is 20.2 Å². The van der Waals surface area contributed by atoms with Crippen molar-refractivity contribution in [3.63, 3.8) is 0 Å². The molecule has 4 heteroatoms. The van der Waals surface area contributed by atoms with Crippen molar-refractivity contribution in [2.45, 2.75) is 64.8 Å². The smallest absolute Gasteiger partial charge is 0.129 e. The van der Waals surface area contributed by atoms with Crippen LogP contribution in [0.15, 0.2) is 16.7 Å². The Morgan fingerprint density at radius 3 is 2.90 bits per heavy atom. The van der Waals surface area contributed by atoms with E-state index < -0.39 is 0 Å². The summed E-state index contributed by atoms with van der Waals surface area (Å²) in [7, 11) is 2.19. The predicted octanol–water partition coefficient (Wildman–Crippen LogP) is 3.17. The fourth-order valence-corrected chi connectivity index (χ4v) is 2.61. The maximum Gasteiger partial charge on any atom is 0.129 e. The summed E-state index contributed by atoms with van der Waals surface area (Å²) < 4.78 is 11.4. The number of likely N-dealkylation sites (tertiary alicyclic amines) is 1. The molecule has 1 fully saturated rings. The van der Waals surface area contributed by atoms with E-state index in [2.05, 4.69) is 44.1 Å². The first-order chi connectivity index (χ1) is 9.94. The Labute approximate surface area is 128 Å². The second-order valence-corrected chi connectivity index (χ2v) is 7.17. The molecule has 2 rings (SSSR count). The molecule has 0 aromatic carbocycles. The number of nitrogens with one attached hydrogen (secondary N) is 1. The van der Waals surface area contributed by atoms with Crippen molar-refractivity contribution >= 4 is 0 Å². The Morgan fingerprint density at radius 1 is 1.38 bits per heavy atom. The molecule has 1 saturated heterocycles. The summed E-state index contributed by atoms with van der Waals surface area (Å²) >= 11 is 0. The summed E-state index contributed by atoms with van der Waals surface area (Å²) in [5, 5.41) is 3.46. The fourth-order valence-electron chi connectivity index (χ4n) is 2.61. The van der Waals surface area contributed by atoms with Gasteiger partial charge in [0, 0.05) is 23.7 Å². The van der Waals surface area contributed by atoms with E-state index >= 15 is 0 Å². The molecule has 1 aromatic heterocycles. The zero-order valence-corrected chi connectivity index (χ0v) is 13.9. The molecule has 21 heavy (non-hydrogen) atoms. The van der Waals surface area contributed by atoms with E-state index in [1.54, 1.807) is 0 Å². The molecule has 1 aliphatic rings. The average Bonchev–Trinajstić information content (AvgIpc) is 2.86.